The number of hydrogen-bond acceptors (Lipinski definition) is 4. The topological polar surface area (TPSA) is 32.8 Å². The van der Waals surface area contributed by atoms with E-state index in [1.165, 1.54) is 45.9 Å². The smallest absolute Gasteiger partial charge is 0.333 e. The largest absolute Gasteiger partial charge is 0.466 e. The summed E-state index contributed by atoms with van der Waals surface area (Å²) >= 11 is 0. The van der Waals surface area contributed by atoms with Crippen LogP contribution in [0.3, 0.4) is 0 Å². The summed E-state index contributed by atoms with van der Waals surface area (Å²) in [6, 6.07) is 0.729. The van der Waals surface area contributed by atoms with Gasteiger partial charge in [-0.15, -0.1) is 0 Å². The molecule has 2 fully saturated rings. The van der Waals surface area contributed by atoms with Crippen LogP contribution in [0.5, 0.6) is 0 Å². The van der Waals surface area contributed by atoms with Crippen LogP contribution in [0, 0.1) is 0 Å². The Morgan fingerprint density at radius 1 is 1.26 bits per heavy atom. The van der Waals surface area contributed by atoms with Crippen molar-refractivity contribution in [3.8, 4) is 0 Å². The van der Waals surface area contributed by atoms with Crippen LogP contribution in [-0.4, -0.2) is 61.6 Å². The maximum Gasteiger partial charge on any atom is 0.333 e. The minimum Gasteiger partial charge on any atom is -0.466 e. The third kappa shape index (κ3) is 4.05. The van der Waals surface area contributed by atoms with E-state index >= 15 is 0 Å². The summed E-state index contributed by atoms with van der Waals surface area (Å²) < 4.78 is 4.71. The van der Waals surface area contributed by atoms with Gasteiger partial charge >= 0.3 is 5.97 Å². The van der Waals surface area contributed by atoms with E-state index in [4.69, 9.17) is 4.74 Å². The lowest BCUT2D eigenvalue weighted by molar-refractivity contribution is -0.136. The first kappa shape index (κ1) is 14.5. The Labute approximate surface area is 116 Å². The van der Waals surface area contributed by atoms with Gasteiger partial charge in [-0.2, -0.15) is 0 Å². The summed E-state index contributed by atoms with van der Waals surface area (Å²) in [5.41, 5.74) is 0.712. The van der Waals surface area contributed by atoms with E-state index in [2.05, 4.69) is 9.80 Å². The number of likely N-dealkylation sites (tertiary alicyclic amines) is 2. The molecule has 0 amide bonds. The SMILES string of the molecule is COC(=O)C(C)=CCN1CCC(N2CCCCC2)C1. The van der Waals surface area contributed by atoms with Crippen molar-refractivity contribution in [1.82, 2.24) is 9.80 Å². The molecule has 2 aliphatic rings. The molecule has 0 aromatic carbocycles. The first-order valence-electron chi connectivity index (χ1n) is 7.42. The Kier molecular flexibility index (Phi) is 5.40. The highest BCUT2D eigenvalue weighted by atomic mass is 16.5. The van der Waals surface area contributed by atoms with Gasteiger partial charge in [0.05, 0.1) is 7.11 Å². The fourth-order valence-electron chi connectivity index (χ4n) is 3.07. The van der Waals surface area contributed by atoms with Gasteiger partial charge in [0, 0.05) is 31.2 Å². The van der Waals surface area contributed by atoms with Crippen molar-refractivity contribution in [2.45, 2.75) is 38.6 Å². The van der Waals surface area contributed by atoms with Crippen molar-refractivity contribution < 1.29 is 9.53 Å². The van der Waals surface area contributed by atoms with E-state index in [-0.39, 0.29) is 5.97 Å². The third-order valence-electron chi connectivity index (χ3n) is 4.32. The number of methoxy groups -OCH3 is 1. The zero-order chi connectivity index (χ0) is 13.7. The molecule has 2 heterocycles. The molecule has 0 radical (unpaired) electrons. The van der Waals surface area contributed by atoms with Crippen LogP contribution in [0.15, 0.2) is 11.6 Å². The van der Waals surface area contributed by atoms with Crippen LogP contribution in [0.2, 0.25) is 0 Å². The van der Waals surface area contributed by atoms with Crippen LogP contribution in [-0.2, 0) is 9.53 Å². The fraction of sp³-hybridized carbons (Fsp3) is 0.800. The maximum atomic E-state index is 11.3. The molecule has 1 unspecified atom stereocenters. The number of hydrogen-bond donors (Lipinski definition) is 0. The second-order valence-electron chi connectivity index (χ2n) is 5.68. The molecule has 0 saturated carbocycles. The molecule has 108 valence electrons. The van der Waals surface area contributed by atoms with Crippen molar-refractivity contribution in [2.24, 2.45) is 0 Å². The molecule has 19 heavy (non-hydrogen) atoms. The number of carbonyl (C=O) groups excluding carboxylic acids is 1. The van der Waals surface area contributed by atoms with E-state index < -0.39 is 0 Å². The Morgan fingerprint density at radius 3 is 2.68 bits per heavy atom. The molecule has 0 aromatic rings. The summed E-state index contributed by atoms with van der Waals surface area (Å²) in [4.78, 5) is 16.4. The second-order valence-corrected chi connectivity index (χ2v) is 5.68. The number of rotatable bonds is 4. The predicted molar refractivity (Wildman–Crippen MR) is 76.0 cm³/mol. The quantitative estimate of drug-likeness (QED) is 0.572. The Bertz CT molecular complexity index is 335. The van der Waals surface area contributed by atoms with Crippen molar-refractivity contribution in [2.75, 3.05) is 39.8 Å². The fourth-order valence-corrected chi connectivity index (χ4v) is 3.07. The molecular weight excluding hydrogens is 240 g/mol. The first-order chi connectivity index (χ1) is 9.20. The first-order valence-corrected chi connectivity index (χ1v) is 7.42. The lowest BCUT2D eigenvalue weighted by Gasteiger charge is -2.32. The van der Waals surface area contributed by atoms with E-state index in [1.807, 2.05) is 13.0 Å². The highest BCUT2D eigenvalue weighted by molar-refractivity contribution is 5.87. The Morgan fingerprint density at radius 2 is 2.00 bits per heavy atom. The van der Waals surface area contributed by atoms with Gasteiger partial charge in [-0.25, -0.2) is 4.79 Å². The van der Waals surface area contributed by atoms with Gasteiger partial charge in [0.1, 0.15) is 0 Å². The minimum atomic E-state index is -0.216. The highest BCUT2D eigenvalue weighted by Crippen LogP contribution is 2.20. The van der Waals surface area contributed by atoms with Crippen molar-refractivity contribution in [3.05, 3.63) is 11.6 Å². The summed E-state index contributed by atoms with van der Waals surface area (Å²) in [6.07, 6.45) is 7.37. The summed E-state index contributed by atoms with van der Waals surface area (Å²) in [6.45, 7) is 7.53. The standard InChI is InChI=1S/C15H26N2O2/c1-13(15(18)19-2)6-10-16-11-7-14(12-16)17-8-4-3-5-9-17/h6,14H,3-5,7-12H2,1-2H3. The normalized spacial score (nSPS) is 26.6. The maximum absolute atomic E-state index is 11.3. The number of piperidine rings is 1. The molecule has 2 saturated heterocycles. The van der Waals surface area contributed by atoms with Gasteiger partial charge in [-0.05, 0) is 39.3 Å². The molecule has 2 aliphatic heterocycles. The number of esters is 1. The monoisotopic (exact) mass is 266 g/mol. The number of carbonyl (C=O) groups is 1. The van der Waals surface area contributed by atoms with Gasteiger partial charge in [-0.1, -0.05) is 12.5 Å². The zero-order valence-corrected chi connectivity index (χ0v) is 12.2. The zero-order valence-electron chi connectivity index (χ0n) is 12.2. The van der Waals surface area contributed by atoms with Crippen LogP contribution >= 0.6 is 0 Å². The van der Waals surface area contributed by atoms with Crippen LogP contribution in [0.4, 0.5) is 0 Å². The average Bonchev–Trinajstić information content (AvgIpc) is 2.93. The van der Waals surface area contributed by atoms with Crippen molar-refractivity contribution >= 4 is 5.97 Å². The van der Waals surface area contributed by atoms with Gasteiger partial charge < -0.3 is 4.74 Å². The summed E-state index contributed by atoms with van der Waals surface area (Å²) in [5.74, 6) is -0.216. The number of nitrogens with zero attached hydrogens (tertiary/aromatic N) is 2. The average molecular weight is 266 g/mol. The summed E-state index contributed by atoms with van der Waals surface area (Å²) in [7, 11) is 1.43. The molecule has 4 heteroatoms. The van der Waals surface area contributed by atoms with E-state index in [0.29, 0.717) is 5.57 Å². The van der Waals surface area contributed by atoms with E-state index in [9.17, 15) is 4.79 Å². The molecule has 2 rings (SSSR count). The Balaban J connectivity index is 1.77. The van der Waals surface area contributed by atoms with E-state index in [1.54, 1.807) is 0 Å². The van der Waals surface area contributed by atoms with Crippen LogP contribution in [0.25, 0.3) is 0 Å². The lowest BCUT2D eigenvalue weighted by Crippen LogP contribution is -2.40. The molecule has 0 bridgehead atoms. The molecule has 1 atom stereocenters. The predicted octanol–water partition coefficient (Wildman–Crippen LogP) is 1.67. The Hall–Kier alpha value is -0.870. The van der Waals surface area contributed by atoms with Crippen LogP contribution in [0.1, 0.15) is 32.6 Å². The molecular formula is C15H26N2O2. The lowest BCUT2D eigenvalue weighted by atomic mass is 10.1. The molecule has 0 N–H and O–H groups in total. The van der Waals surface area contributed by atoms with Gasteiger partial charge in [-0.3, -0.25) is 9.80 Å². The van der Waals surface area contributed by atoms with Crippen LogP contribution < -0.4 is 0 Å². The van der Waals surface area contributed by atoms with Gasteiger partial charge in [0.25, 0.3) is 0 Å². The molecule has 0 spiro atoms. The second kappa shape index (κ2) is 7.06. The number of ether oxygens (including phenoxy) is 1. The van der Waals surface area contributed by atoms with Crippen molar-refractivity contribution in [1.29, 1.82) is 0 Å². The molecule has 4 nitrogen and oxygen atoms in total. The third-order valence-corrected chi connectivity index (χ3v) is 4.32. The van der Waals surface area contributed by atoms with Crippen molar-refractivity contribution in [3.63, 3.8) is 0 Å². The van der Waals surface area contributed by atoms with Gasteiger partial charge in [0.2, 0.25) is 0 Å². The molecule has 0 aliphatic carbocycles. The van der Waals surface area contributed by atoms with E-state index in [0.717, 1.165) is 25.7 Å². The summed E-state index contributed by atoms with van der Waals surface area (Å²) in [5, 5.41) is 0. The van der Waals surface area contributed by atoms with Gasteiger partial charge in [0.15, 0.2) is 0 Å². The molecule has 0 aromatic heterocycles. The highest BCUT2D eigenvalue weighted by Gasteiger charge is 2.27. The minimum absolute atomic E-state index is 0.216.